The van der Waals surface area contributed by atoms with Crippen LogP contribution in [-0.2, 0) is 4.74 Å². The third-order valence-corrected chi connectivity index (χ3v) is 1.65. The molecule has 0 saturated carbocycles. The number of nitrogens with one attached hydrogen (secondary N) is 1. The molecule has 0 bridgehead atoms. The fourth-order valence-corrected chi connectivity index (χ4v) is 0.928. The molecule has 0 radical (unpaired) electrons. The molecule has 0 aliphatic rings. The Morgan fingerprint density at radius 3 is 2.13 bits per heavy atom. The first-order valence-electron chi connectivity index (χ1n) is 5.10. The van der Waals surface area contributed by atoms with Crippen LogP contribution < -0.4 is 5.32 Å². The zero-order valence-corrected chi connectivity index (χ0v) is 9.58. The number of ether oxygens (including phenoxy) is 1. The maximum Gasteiger partial charge on any atom is 0.391 e. The van der Waals surface area contributed by atoms with Gasteiger partial charge in [0.25, 0.3) is 0 Å². The minimum absolute atomic E-state index is 0.0476. The molecule has 0 aromatic carbocycles. The molecule has 5 heteroatoms. The fraction of sp³-hybridized carbons (Fsp3) is 1.00. The zero-order valence-electron chi connectivity index (χ0n) is 9.58. The molecule has 0 aromatic rings. The molecule has 0 aliphatic heterocycles. The third-order valence-electron chi connectivity index (χ3n) is 1.65. The molecule has 92 valence electrons. The van der Waals surface area contributed by atoms with E-state index in [1.165, 1.54) is 0 Å². The van der Waals surface area contributed by atoms with Gasteiger partial charge in [-0.25, -0.2) is 0 Å². The van der Waals surface area contributed by atoms with Crippen molar-refractivity contribution in [3.05, 3.63) is 0 Å². The van der Waals surface area contributed by atoms with Gasteiger partial charge in [-0.3, -0.25) is 0 Å². The van der Waals surface area contributed by atoms with E-state index in [-0.39, 0.29) is 12.1 Å². The summed E-state index contributed by atoms with van der Waals surface area (Å²) in [4.78, 5) is 0. The van der Waals surface area contributed by atoms with Crippen molar-refractivity contribution in [3.8, 4) is 0 Å². The van der Waals surface area contributed by atoms with Crippen molar-refractivity contribution >= 4 is 0 Å². The van der Waals surface area contributed by atoms with E-state index < -0.39 is 12.6 Å². The second-order valence-electron chi connectivity index (χ2n) is 4.51. The SMILES string of the molecule is CC(C)(C)NCCCOCCC(F)(F)F. The van der Waals surface area contributed by atoms with E-state index in [9.17, 15) is 13.2 Å². The minimum Gasteiger partial charge on any atom is -0.381 e. The summed E-state index contributed by atoms with van der Waals surface area (Å²) in [5.74, 6) is 0. The van der Waals surface area contributed by atoms with Gasteiger partial charge in [-0.15, -0.1) is 0 Å². The molecule has 15 heavy (non-hydrogen) atoms. The topological polar surface area (TPSA) is 21.3 Å². The Morgan fingerprint density at radius 1 is 1.07 bits per heavy atom. The third kappa shape index (κ3) is 13.7. The first kappa shape index (κ1) is 14.7. The number of rotatable bonds is 6. The van der Waals surface area contributed by atoms with Crippen LogP contribution in [0.15, 0.2) is 0 Å². The highest BCUT2D eigenvalue weighted by atomic mass is 19.4. The standard InChI is InChI=1S/C10H20F3NO/c1-9(2,3)14-6-4-7-15-8-5-10(11,12)13/h14H,4-8H2,1-3H3. The van der Waals surface area contributed by atoms with Crippen LogP contribution in [0.5, 0.6) is 0 Å². The molecule has 0 heterocycles. The van der Waals surface area contributed by atoms with E-state index in [0.29, 0.717) is 6.61 Å². The smallest absolute Gasteiger partial charge is 0.381 e. The number of alkyl halides is 3. The second kappa shape index (κ2) is 6.33. The largest absolute Gasteiger partial charge is 0.391 e. The Bertz CT molecular complexity index is 145. The molecule has 0 fully saturated rings. The van der Waals surface area contributed by atoms with Crippen molar-refractivity contribution in [2.24, 2.45) is 0 Å². The van der Waals surface area contributed by atoms with Crippen LogP contribution in [0.2, 0.25) is 0 Å². The van der Waals surface area contributed by atoms with Crippen LogP contribution in [0.4, 0.5) is 13.2 Å². The summed E-state index contributed by atoms with van der Waals surface area (Å²) in [6.45, 7) is 7.01. The lowest BCUT2D eigenvalue weighted by molar-refractivity contribution is -0.145. The first-order valence-corrected chi connectivity index (χ1v) is 5.10. The lowest BCUT2D eigenvalue weighted by atomic mass is 10.1. The molecule has 0 atom stereocenters. The Hall–Kier alpha value is -0.290. The first-order chi connectivity index (χ1) is 6.71. The van der Waals surface area contributed by atoms with E-state index in [2.05, 4.69) is 5.32 Å². The molecule has 0 spiro atoms. The number of hydrogen-bond donors (Lipinski definition) is 1. The van der Waals surface area contributed by atoms with Gasteiger partial charge in [0.15, 0.2) is 0 Å². The molecule has 0 aromatic heterocycles. The molecular formula is C10H20F3NO. The summed E-state index contributed by atoms with van der Waals surface area (Å²) in [7, 11) is 0. The van der Waals surface area contributed by atoms with Gasteiger partial charge < -0.3 is 10.1 Å². The molecule has 2 nitrogen and oxygen atoms in total. The van der Waals surface area contributed by atoms with Gasteiger partial charge in [0.2, 0.25) is 0 Å². The van der Waals surface area contributed by atoms with Crippen LogP contribution in [0, 0.1) is 0 Å². The highest BCUT2D eigenvalue weighted by Gasteiger charge is 2.26. The minimum atomic E-state index is -4.11. The predicted molar refractivity (Wildman–Crippen MR) is 53.9 cm³/mol. The van der Waals surface area contributed by atoms with E-state index >= 15 is 0 Å². The maximum absolute atomic E-state index is 11.7. The van der Waals surface area contributed by atoms with Crippen molar-refractivity contribution in [2.45, 2.75) is 45.3 Å². The normalized spacial score (nSPS) is 13.2. The molecule has 0 amide bonds. The Labute approximate surface area is 89.2 Å². The van der Waals surface area contributed by atoms with Crippen molar-refractivity contribution < 1.29 is 17.9 Å². The van der Waals surface area contributed by atoms with Crippen molar-refractivity contribution in [1.82, 2.24) is 5.32 Å². The predicted octanol–water partition coefficient (Wildman–Crippen LogP) is 2.73. The fourth-order valence-electron chi connectivity index (χ4n) is 0.928. The van der Waals surface area contributed by atoms with Gasteiger partial charge in [-0.2, -0.15) is 13.2 Å². The van der Waals surface area contributed by atoms with Gasteiger partial charge in [-0.1, -0.05) is 0 Å². The average molecular weight is 227 g/mol. The molecule has 1 N–H and O–H groups in total. The van der Waals surface area contributed by atoms with Gasteiger partial charge >= 0.3 is 6.18 Å². The zero-order chi connectivity index (χ0) is 11.9. The summed E-state index contributed by atoms with van der Waals surface area (Å²) >= 11 is 0. The van der Waals surface area contributed by atoms with Crippen LogP contribution in [0.25, 0.3) is 0 Å². The Balaban J connectivity index is 3.20. The molecule has 0 rings (SSSR count). The number of halogens is 3. The van der Waals surface area contributed by atoms with Crippen LogP contribution in [0.3, 0.4) is 0 Å². The lowest BCUT2D eigenvalue weighted by Gasteiger charge is -2.20. The monoisotopic (exact) mass is 227 g/mol. The summed E-state index contributed by atoms with van der Waals surface area (Å²) in [5.41, 5.74) is 0.0476. The van der Waals surface area contributed by atoms with Crippen LogP contribution >= 0.6 is 0 Å². The van der Waals surface area contributed by atoms with E-state index in [1.807, 2.05) is 20.8 Å². The van der Waals surface area contributed by atoms with Gasteiger partial charge in [0.05, 0.1) is 13.0 Å². The van der Waals surface area contributed by atoms with Gasteiger partial charge in [-0.05, 0) is 33.7 Å². The molecule has 0 saturated heterocycles. The molecular weight excluding hydrogens is 207 g/mol. The van der Waals surface area contributed by atoms with E-state index in [4.69, 9.17) is 4.74 Å². The summed E-state index contributed by atoms with van der Waals surface area (Å²) < 4.78 is 39.9. The average Bonchev–Trinajstić information content (AvgIpc) is 1.98. The quantitative estimate of drug-likeness (QED) is 0.704. The van der Waals surface area contributed by atoms with E-state index in [1.54, 1.807) is 0 Å². The molecule has 0 unspecified atom stereocenters. The van der Waals surface area contributed by atoms with Crippen LogP contribution in [-0.4, -0.2) is 31.5 Å². The van der Waals surface area contributed by atoms with Crippen molar-refractivity contribution in [2.75, 3.05) is 19.8 Å². The summed E-state index contributed by atoms with van der Waals surface area (Å²) in [6.07, 6.45) is -4.24. The second-order valence-corrected chi connectivity index (χ2v) is 4.51. The highest BCUT2D eigenvalue weighted by Crippen LogP contribution is 2.18. The number of hydrogen-bond acceptors (Lipinski definition) is 2. The van der Waals surface area contributed by atoms with E-state index in [0.717, 1.165) is 13.0 Å². The van der Waals surface area contributed by atoms with Gasteiger partial charge in [0.1, 0.15) is 0 Å². The summed E-state index contributed by atoms with van der Waals surface area (Å²) in [6, 6.07) is 0. The maximum atomic E-state index is 11.7. The van der Waals surface area contributed by atoms with Crippen LogP contribution in [0.1, 0.15) is 33.6 Å². The Kier molecular flexibility index (Phi) is 6.20. The van der Waals surface area contributed by atoms with Crippen molar-refractivity contribution in [1.29, 1.82) is 0 Å². The molecule has 0 aliphatic carbocycles. The van der Waals surface area contributed by atoms with Crippen molar-refractivity contribution in [3.63, 3.8) is 0 Å². The summed E-state index contributed by atoms with van der Waals surface area (Å²) in [5, 5.41) is 3.23. The van der Waals surface area contributed by atoms with Gasteiger partial charge in [0, 0.05) is 12.1 Å². The highest BCUT2D eigenvalue weighted by molar-refractivity contribution is 4.69. The Morgan fingerprint density at radius 2 is 1.67 bits per heavy atom. The lowest BCUT2D eigenvalue weighted by Crippen LogP contribution is -2.36.